The van der Waals surface area contributed by atoms with E-state index in [1.54, 1.807) is 6.92 Å². The van der Waals surface area contributed by atoms with Crippen molar-refractivity contribution in [3.63, 3.8) is 0 Å². The molecular weight excluding hydrogens is 282 g/mol. The minimum absolute atomic E-state index is 0.0136. The molecule has 0 fully saturated rings. The predicted molar refractivity (Wildman–Crippen MR) is 77.3 cm³/mol. The van der Waals surface area contributed by atoms with Crippen molar-refractivity contribution in [3.8, 4) is 0 Å². The average molecular weight is 301 g/mol. The Morgan fingerprint density at radius 1 is 1.35 bits per heavy atom. The maximum Gasteiger partial charge on any atom is 0.292 e. The first-order chi connectivity index (χ1) is 9.27. The Morgan fingerprint density at radius 3 is 2.50 bits per heavy atom. The highest BCUT2D eigenvalue weighted by atomic mass is 32.2. The van der Waals surface area contributed by atoms with E-state index < -0.39 is 14.9 Å². The molecule has 112 valence electrons. The van der Waals surface area contributed by atoms with Gasteiger partial charge in [0.15, 0.2) is 0 Å². The summed E-state index contributed by atoms with van der Waals surface area (Å²) in [5.41, 5.74) is 0.0552. The second-order valence-corrected chi connectivity index (χ2v) is 6.48. The van der Waals surface area contributed by atoms with Crippen LogP contribution >= 0.6 is 0 Å². The molecule has 0 aliphatic carbocycles. The first-order valence-corrected chi connectivity index (χ1v) is 7.78. The Balaban J connectivity index is 3.13. The van der Waals surface area contributed by atoms with Crippen molar-refractivity contribution >= 4 is 21.4 Å². The van der Waals surface area contributed by atoms with E-state index in [2.05, 4.69) is 10.0 Å². The fraction of sp³-hybridized carbons (Fsp3) is 0.500. The Kier molecular flexibility index (Phi) is 5.46. The van der Waals surface area contributed by atoms with Crippen molar-refractivity contribution in [3.05, 3.63) is 28.3 Å². The molecule has 0 aliphatic heterocycles. The number of anilines is 1. The number of hydrogen-bond donors (Lipinski definition) is 2. The molecule has 0 aliphatic rings. The van der Waals surface area contributed by atoms with Crippen LogP contribution in [0.3, 0.4) is 0 Å². The van der Waals surface area contributed by atoms with E-state index in [9.17, 15) is 18.5 Å². The molecule has 0 bridgehead atoms. The van der Waals surface area contributed by atoms with Crippen LogP contribution in [0.2, 0.25) is 0 Å². The van der Waals surface area contributed by atoms with E-state index in [4.69, 9.17) is 0 Å². The summed E-state index contributed by atoms with van der Waals surface area (Å²) >= 11 is 0. The monoisotopic (exact) mass is 301 g/mol. The number of hydrogen-bond acceptors (Lipinski definition) is 5. The highest BCUT2D eigenvalue weighted by Gasteiger charge is 2.20. The molecule has 0 radical (unpaired) electrons. The summed E-state index contributed by atoms with van der Waals surface area (Å²) in [5, 5.41) is 13.7. The third-order valence-electron chi connectivity index (χ3n) is 2.52. The standard InChI is InChI=1S/C12H19N3O4S/c1-4-13-11-7-10(5-6-12(11)15(16)17)20(18,19)14-8-9(2)3/h5-7,9,13-14H,4,8H2,1-3H3. The Bertz CT molecular complexity index is 584. The summed E-state index contributed by atoms with van der Waals surface area (Å²) in [6.07, 6.45) is 0. The number of nitrogens with zero attached hydrogens (tertiary/aromatic N) is 1. The van der Waals surface area contributed by atoms with Crippen molar-refractivity contribution < 1.29 is 13.3 Å². The van der Waals surface area contributed by atoms with Crippen LogP contribution in [0.15, 0.2) is 23.1 Å². The summed E-state index contributed by atoms with van der Waals surface area (Å²) in [4.78, 5) is 10.3. The zero-order valence-electron chi connectivity index (χ0n) is 11.7. The molecule has 0 saturated carbocycles. The van der Waals surface area contributed by atoms with Crippen molar-refractivity contribution in [2.24, 2.45) is 5.92 Å². The fourth-order valence-electron chi connectivity index (χ4n) is 1.53. The Morgan fingerprint density at radius 2 is 2.00 bits per heavy atom. The molecule has 0 amide bonds. The van der Waals surface area contributed by atoms with Crippen LogP contribution in [-0.2, 0) is 10.0 Å². The minimum Gasteiger partial charge on any atom is -0.380 e. The molecule has 0 spiro atoms. The second kappa shape index (κ2) is 6.67. The van der Waals surface area contributed by atoms with Gasteiger partial charge in [0.05, 0.1) is 9.82 Å². The largest absolute Gasteiger partial charge is 0.380 e. The minimum atomic E-state index is -3.65. The summed E-state index contributed by atoms with van der Waals surface area (Å²) < 4.78 is 26.6. The van der Waals surface area contributed by atoms with Gasteiger partial charge in [0.25, 0.3) is 5.69 Å². The molecule has 0 aromatic heterocycles. The Hall–Kier alpha value is -1.67. The van der Waals surface area contributed by atoms with Crippen LogP contribution in [0.25, 0.3) is 0 Å². The molecule has 7 nitrogen and oxygen atoms in total. The maximum atomic E-state index is 12.1. The van der Waals surface area contributed by atoms with Gasteiger partial charge in [-0.15, -0.1) is 0 Å². The quantitative estimate of drug-likeness (QED) is 0.592. The lowest BCUT2D eigenvalue weighted by Crippen LogP contribution is -2.27. The van der Waals surface area contributed by atoms with Gasteiger partial charge in [-0.25, -0.2) is 13.1 Å². The third kappa shape index (κ3) is 4.17. The SMILES string of the molecule is CCNc1cc(S(=O)(=O)NCC(C)C)ccc1[N+](=O)[O-]. The van der Waals surface area contributed by atoms with E-state index in [-0.39, 0.29) is 22.2 Å². The lowest BCUT2D eigenvalue weighted by atomic mass is 10.2. The van der Waals surface area contributed by atoms with Crippen LogP contribution in [0.1, 0.15) is 20.8 Å². The van der Waals surface area contributed by atoms with Gasteiger partial charge < -0.3 is 5.32 Å². The van der Waals surface area contributed by atoms with Crippen molar-refractivity contribution in [1.29, 1.82) is 0 Å². The molecule has 1 aromatic carbocycles. The maximum absolute atomic E-state index is 12.1. The zero-order chi connectivity index (χ0) is 15.3. The highest BCUT2D eigenvalue weighted by Crippen LogP contribution is 2.27. The normalized spacial score (nSPS) is 11.6. The van der Waals surface area contributed by atoms with E-state index in [0.717, 1.165) is 0 Å². The van der Waals surface area contributed by atoms with E-state index in [1.165, 1.54) is 18.2 Å². The van der Waals surface area contributed by atoms with E-state index in [1.807, 2.05) is 13.8 Å². The molecule has 0 heterocycles. The predicted octanol–water partition coefficient (Wildman–Crippen LogP) is 1.96. The van der Waals surface area contributed by atoms with Crippen LogP contribution in [0.5, 0.6) is 0 Å². The number of benzene rings is 1. The van der Waals surface area contributed by atoms with Crippen LogP contribution in [0.4, 0.5) is 11.4 Å². The third-order valence-corrected chi connectivity index (χ3v) is 3.95. The van der Waals surface area contributed by atoms with Crippen LogP contribution in [-0.4, -0.2) is 26.4 Å². The smallest absolute Gasteiger partial charge is 0.292 e. The first-order valence-electron chi connectivity index (χ1n) is 6.30. The molecule has 0 atom stereocenters. The molecular formula is C12H19N3O4S. The van der Waals surface area contributed by atoms with E-state index >= 15 is 0 Å². The molecule has 20 heavy (non-hydrogen) atoms. The van der Waals surface area contributed by atoms with Crippen molar-refractivity contribution in [2.45, 2.75) is 25.7 Å². The van der Waals surface area contributed by atoms with Crippen molar-refractivity contribution in [2.75, 3.05) is 18.4 Å². The van der Waals surface area contributed by atoms with Gasteiger partial charge >= 0.3 is 0 Å². The number of rotatable bonds is 7. The van der Waals surface area contributed by atoms with Gasteiger partial charge in [0, 0.05) is 19.2 Å². The van der Waals surface area contributed by atoms with Gasteiger partial charge in [-0.3, -0.25) is 10.1 Å². The summed E-state index contributed by atoms with van der Waals surface area (Å²) in [7, 11) is -3.65. The van der Waals surface area contributed by atoms with Gasteiger partial charge in [0.1, 0.15) is 5.69 Å². The molecule has 0 saturated heterocycles. The fourth-order valence-corrected chi connectivity index (χ4v) is 2.77. The highest BCUT2D eigenvalue weighted by molar-refractivity contribution is 7.89. The number of nitro benzene ring substituents is 1. The second-order valence-electron chi connectivity index (χ2n) is 4.71. The van der Waals surface area contributed by atoms with Crippen LogP contribution < -0.4 is 10.0 Å². The van der Waals surface area contributed by atoms with Crippen LogP contribution in [0, 0.1) is 16.0 Å². The number of sulfonamides is 1. The molecule has 1 aromatic rings. The van der Waals surface area contributed by atoms with E-state index in [0.29, 0.717) is 13.1 Å². The van der Waals surface area contributed by atoms with Gasteiger partial charge in [-0.1, -0.05) is 13.8 Å². The summed E-state index contributed by atoms with van der Waals surface area (Å²) in [6, 6.07) is 3.72. The zero-order valence-corrected chi connectivity index (χ0v) is 12.5. The molecule has 1 rings (SSSR count). The summed E-state index contributed by atoms with van der Waals surface area (Å²) in [6.45, 7) is 6.34. The average Bonchev–Trinajstić information content (AvgIpc) is 2.36. The number of nitrogens with one attached hydrogen (secondary N) is 2. The topological polar surface area (TPSA) is 101 Å². The van der Waals surface area contributed by atoms with Gasteiger partial charge in [-0.2, -0.15) is 0 Å². The lowest BCUT2D eigenvalue weighted by molar-refractivity contribution is -0.384. The molecule has 0 unspecified atom stereocenters. The Labute approximate surface area is 118 Å². The number of nitro groups is 1. The first kappa shape index (κ1) is 16.4. The van der Waals surface area contributed by atoms with Crippen molar-refractivity contribution in [1.82, 2.24) is 4.72 Å². The summed E-state index contributed by atoms with van der Waals surface area (Å²) in [5.74, 6) is 0.177. The molecule has 2 N–H and O–H groups in total. The molecule has 8 heteroatoms. The van der Waals surface area contributed by atoms with Gasteiger partial charge in [-0.05, 0) is 25.0 Å². The lowest BCUT2D eigenvalue weighted by Gasteiger charge is -2.11. The van der Waals surface area contributed by atoms with Gasteiger partial charge in [0.2, 0.25) is 10.0 Å².